The molecule has 0 amide bonds. The average Bonchev–Trinajstić information content (AvgIpc) is 2.06. The molecule has 0 unspecified atom stereocenters. The second-order valence-corrected chi connectivity index (χ2v) is 4.91. The van der Waals surface area contributed by atoms with Crippen molar-refractivity contribution in [2.75, 3.05) is 13.1 Å². The fourth-order valence-corrected chi connectivity index (χ4v) is 1.37. The molecule has 2 nitrogen and oxygen atoms in total. The number of hydrogen-bond acceptors (Lipinski definition) is 2. The van der Waals surface area contributed by atoms with Gasteiger partial charge in [-0.3, -0.25) is 0 Å². The van der Waals surface area contributed by atoms with Crippen LogP contribution in [0.1, 0.15) is 46.0 Å². The molecule has 0 heterocycles. The van der Waals surface area contributed by atoms with E-state index in [4.69, 9.17) is 5.73 Å². The van der Waals surface area contributed by atoms with E-state index in [1.165, 1.54) is 0 Å². The Bertz CT molecular complexity index is 153. The highest BCUT2D eigenvalue weighted by Gasteiger charge is 2.25. The van der Waals surface area contributed by atoms with E-state index < -0.39 is 12.6 Å². The number of unbranched alkanes of at least 4 members (excludes halogenated alkanes) is 1. The Morgan fingerprint density at radius 1 is 0.938 bits per heavy atom. The van der Waals surface area contributed by atoms with Gasteiger partial charge in [-0.05, 0) is 52.6 Å². The first-order chi connectivity index (χ1) is 7.21. The molecular formula is C11H23F3N2. The minimum Gasteiger partial charge on any atom is -0.326 e. The van der Waals surface area contributed by atoms with Gasteiger partial charge in [-0.2, -0.15) is 13.2 Å². The lowest BCUT2D eigenvalue weighted by molar-refractivity contribution is -0.135. The highest BCUT2D eigenvalue weighted by atomic mass is 19.4. The molecule has 0 saturated carbocycles. The monoisotopic (exact) mass is 240 g/mol. The van der Waals surface area contributed by atoms with E-state index in [1.54, 1.807) is 0 Å². The number of nitrogens with two attached hydrogens (primary N) is 1. The van der Waals surface area contributed by atoms with Crippen molar-refractivity contribution < 1.29 is 13.2 Å². The third kappa shape index (κ3) is 13.7. The molecule has 0 aromatic heterocycles. The Labute approximate surface area is 95.8 Å². The van der Waals surface area contributed by atoms with Crippen LogP contribution in [0, 0.1) is 0 Å². The predicted octanol–water partition coefficient (Wildman–Crippen LogP) is 2.83. The summed E-state index contributed by atoms with van der Waals surface area (Å²) in [5, 5.41) is 3.12. The maximum atomic E-state index is 11.8. The molecule has 0 saturated heterocycles. The van der Waals surface area contributed by atoms with Crippen LogP contribution in [0.3, 0.4) is 0 Å². The molecule has 5 heteroatoms. The summed E-state index contributed by atoms with van der Waals surface area (Å²) >= 11 is 0. The van der Waals surface area contributed by atoms with Crippen molar-refractivity contribution in [3.63, 3.8) is 0 Å². The van der Waals surface area contributed by atoms with Gasteiger partial charge >= 0.3 is 6.18 Å². The first-order valence-electron chi connectivity index (χ1n) is 5.77. The highest BCUT2D eigenvalue weighted by Crippen LogP contribution is 2.21. The van der Waals surface area contributed by atoms with Crippen LogP contribution in [0.5, 0.6) is 0 Å². The van der Waals surface area contributed by atoms with Crippen LogP contribution < -0.4 is 11.1 Å². The number of nitrogens with one attached hydrogen (secondary N) is 1. The van der Waals surface area contributed by atoms with E-state index in [2.05, 4.69) is 5.32 Å². The van der Waals surface area contributed by atoms with Crippen molar-refractivity contribution in [1.82, 2.24) is 5.32 Å². The Morgan fingerprint density at radius 3 is 2.00 bits per heavy atom. The van der Waals surface area contributed by atoms with E-state index in [0.717, 1.165) is 19.4 Å². The van der Waals surface area contributed by atoms with Gasteiger partial charge in [-0.15, -0.1) is 0 Å². The lowest BCUT2D eigenvalue weighted by atomic mass is 10.0. The Kier molecular flexibility index (Phi) is 6.99. The molecule has 3 N–H and O–H groups in total. The summed E-state index contributed by atoms with van der Waals surface area (Å²) in [5.41, 5.74) is 5.64. The van der Waals surface area contributed by atoms with Gasteiger partial charge in [0.2, 0.25) is 0 Å². The molecule has 16 heavy (non-hydrogen) atoms. The maximum Gasteiger partial charge on any atom is 0.389 e. The lowest BCUT2D eigenvalue weighted by Gasteiger charge is -2.17. The molecule has 0 atom stereocenters. The predicted molar refractivity (Wildman–Crippen MR) is 60.3 cm³/mol. The maximum absolute atomic E-state index is 11.8. The topological polar surface area (TPSA) is 38.0 Å². The zero-order valence-electron chi connectivity index (χ0n) is 10.2. The molecule has 0 aliphatic rings. The SMILES string of the molecule is CC(C)(N)CCCNCCCCC(F)(F)F. The Morgan fingerprint density at radius 2 is 1.50 bits per heavy atom. The largest absolute Gasteiger partial charge is 0.389 e. The molecule has 0 bridgehead atoms. The summed E-state index contributed by atoms with van der Waals surface area (Å²) in [4.78, 5) is 0. The van der Waals surface area contributed by atoms with Crippen molar-refractivity contribution in [1.29, 1.82) is 0 Å². The minimum atomic E-state index is -4.01. The van der Waals surface area contributed by atoms with Gasteiger partial charge in [0, 0.05) is 12.0 Å². The van der Waals surface area contributed by atoms with Gasteiger partial charge in [-0.1, -0.05) is 0 Å². The molecule has 98 valence electrons. The molecule has 0 aliphatic carbocycles. The fourth-order valence-electron chi connectivity index (χ4n) is 1.37. The van der Waals surface area contributed by atoms with Crippen LogP contribution in [0.15, 0.2) is 0 Å². The Balaban J connectivity index is 3.17. The minimum absolute atomic E-state index is 0.155. The summed E-state index contributed by atoms with van der Waals surface area (Å²) in [6.07, 6.45) is -2.02. The van der Waals surface area contributed by atoms with E-state index in [0.29, 0.717) is 13.0 Å². The van der Waals surface area contributed by atoms with Crippen molar-refractivity contribution in [3.05, 3.63) is 0 Å². The van der Waals surface area contributed by atoms with Gasteiger partial charge in [0.05, 0.1) is 0 Å². The quantitative estimate of drug-likeness (QED) is 0.640. The van der Waals surface area contributed by atoms with Crippen LogP contribution in [-0.4, -0.2) is 24.8 Å². The van der Waals surface area contributed by atoms with Crippen LogP contribution in [0.25, 0.3) is 0 Å². The summed E-state index contributed by atoms with van der Waals surface area (Å²) in [7, 11) is 0. The standard InChI is InChI=1S/C11H23F3N2/c1-10(2,15)6-5-9-16-8-4-3-7-11(12,13)14/h16H,3-9,15H2,1-2H3. The smallest absolute Gasteiger partial charge is 0.326 e. The summed E-state index contributed by atoms with van der Waals surface area (Å²) in [6.45, 7) is 5.42. The third-order valence-corrected chi connectivity index (χ3v) is 2.24. The van der Waals surface area contributed by atoms with Crippen molar-refractivity contribution in [2.24, 2.45) is 5.73 Å². The van der Waals surface area contributed by atoms with Crippen LogP contribution in [0.2, 0.25) is 0 Å². The number of alkyl halides is 3. The van der Waals surface area contributed by atoms with Crippen molar-refractivity contribution in [3.8, 4) is 0 Å². The first-order valence-corrected chi connectivity index (χ1v) is 5.77. The molecule has 0 spiro atoms. The van der Waals surface area contributed by atoms with Crippen LogP contribution in [-0.2, 0) is 0 Å². The lowest BCUT2D eigenvalue weighted by Crippen LogP contribution is -2.32. The van der Waals surface area contributed by atoms with Gasteiger partial charge < -0.3 is 11.1 Å². The van der Waals surface area contributed by atoms with E-state index in [-0.39, 0.29) is 12.0 Å². The van der Waals surface area contributed by atoms with Crippen molar-refractivity contribution >= 4 is 0 Å². The molecule has 0 rings (SSSR count). The number of hydrogen-bond donors (Lipinski definition) is 2. The average molecular weight is 240 g/mol. The van der Waals surface area contributed by atoms with E-state index in [1.807, 2.05) is 13.8 Å². The normalized spacial score (nSPS) is 13.1. The third-order valence-electron chi connectivity index (χ3n) is 2.24. The summed E-state index contributed by atoms with van der Waals surface area (Å²) < 4.78 is 35.3. The zero-order valence-corrected chi connectivity index (χ0v) is 10.2. The molecular weight excluding hydrogens is 217 g/mol. The van der Waals surface area contributed by atoms with Gasteiger partial charge in [-0.25, -0.2) is 0 Å². The van der Waals surface area contributed by atoms with Crippen molar-refractivity contribution in [2.45, 2.75) is 57.7 Å². The van der Waals surface area contributed by atoms with Gasteiger partial charge in [0.15, 0.2) is 0 Å². The van der Waals surface area contributed by atoms with Crippen LogP contribution >= 0.6 is 0 Å². The Hall–Kier alpha value is -0.290. The second-order valence-electron chi connectivity index (χ2n) is 4.91. The number of rotatable bonds is 8. The van der Waals surface area contributed by atoms with E-state index in [9.17, 15) is 13.2 Å². The highest BCUT2D eigenvalue weighted by molar-refractivity contribution is 4.71. The first kappa shape index (κ1) is 15.7. The van der Waals surface area contributed by atoms with Crippen LogP contribution in [0.4, 0.5) is 13.2 Å². The molecule has 0 aromatic rings. The summed E-state index contributed by atoms with van der Waals surface area (Å²) in [5.74, 6) is 0. The number of halogens is 3. The molecule has 0 radical (unpaired) electrons. The van der Waals surface area contributed by atoms with Gasteiger partial charge in [0.1, 0.15) is 0 Å². The molecule has 0 aromatic carbocycles. The van der Waals surface area contributed by atoms with E-state index >= 15 is 0 Å². The molecule has 0 fully saturated rings. The zero-order chi connectivity index (χ0) is 12.7. The fraction of sp³-hybridized carbons (Fsp3) is 1.00. The molecule has 0 aliphatic heterocycles. The second kappa shape index (κ2) is 7.12. The van der Waals surface area contributed by atoms with Gasteiger partial charge in [0.25, 0.3) is 0 Å². The summed E-state index contributed by atoms with van der Waals surface area (Å²) in [6, 6.07) is 0.